The van der Waals surface area contributed by atoms with Gasteiger partial charge in [0, 0.05) is 25.7 Å². The van der Waals surface area contributed by atoms with Gasteiger partial charge in [0.1, 0.15) is 5.75 Å². The first-order valence-corrected chi connectivity index (χ1v) is 13.6. The number of benzene rings is 2. The van der Waals surface area contributed by atoms with Crippen molar-refractivity contribution in [1.82, 2.24) is 14.5 Å². The average molecular weight is 503 g/mol. The first-order valence-electron chi connectivity index (χ1n) is 13.6. The molecule has 0 saturated carbocycles. The van der Waals surface area contributed by atoms with Crippen molar-refractivity contribution in [1.29, 1.82) is 0 Å². The summed E-state index contributed by atoms with van der Waals surface area (Å²) < 4.78 is 7.67. The van der Waals surface area contributed by atoms with Crippen LogP contribution in [0.15, 0.2) is 71.8 Å². The SMILES string of the molecule is CC.CCC.COc1cc(/C=C2\CCCN3CC[C@H](c4ccccc4)ON=C23)ccc1-n1cnc(C)c1. The van der Waals surface area contributed by atoms with E-state index in [1.807, 2.05) is 43.9 Å². The predicted octanol–water partition coefficient (Wildman–Crippen LogP) is 7.59. The van der Waals surface area contributed by atoms with Crippen LogP contribution in [0.5, 0.6) is 5.75 Å². The number of aromatic nitrogens is 2. The van der Waals surface area contributed by atoms with E-state index in [2.05, 4.69) is 77.4 Å². The largest absolute Gasteiger partial charge is 0.495 e. The molecular weight excluding hydrogens is 460 g/mol. The lowest BCUT2D eigenvalue weighted by molar-refractivity contribution is 0.0576. The molecule has 0 amide bonds. The van der Waals surface area contributed by atoms with Crippen LogP contribution in [-0.2, 0) is 4.84 Å². The number of oxime groups is 1. The number of piperidine rings is 1. The normalized spacial score (nSPS) is 17.7. The lowest BCUT2D eigenvalue weighted by Crippen LogP contribution is -2.37. The summed E-state index contributed by atoms with van der Waals surface area (Å²) in [6, 6.07) is 16.6. The predicted molar refractivity (Wildman–Crippen MR) is 153 cm³/mol. The van der Waals surface area contributed by atoms with E-state index in [-0.39, 0.29) is 6.10 Å². The minimum atomic E-state index is -0.00596. The smallest absolute Gasteiger partial charge is 0.171 e. The molecule has 6 nitrogen and oxygen atoms in total. The Bertz CT molecular complexity index is 1170. The minimum absolute atomic E-state index is 0.00596. The number of methoxy groups -OCH3 is 1. The van der Waals surface area contributed by atoms with Crippen LogP contribution in [0.25, 0.3) is 11.8 Å². The van der Waals surface area contributed by atoms with E-state index in [0.717, 1.165) is 60.9 Å². The van der Waals surface area contributed by atoms with Gasteiger partial charge in [0.25, 0.3) is 0 Å². The summed E-state index contributed by atoms with van der Waals surface area (Å²) in [6.45, 7) is 12.2. The maximum absolute atomic E-state index is 6.02. The highest BCUT2D eigenvalue weighted by Gasteiger charge is 2.27. The van der Waals surface area contributed by atoms with E-state index in [9.17, 15) is 0 Å². The van der Waals surface area contributed by atoms with Gasteiger partial charge in [-0.05, 0) is 54.7 Å². The average Bonchev–Trinajstić information content (AvgIpc) is 3.24. The van der Waals surface area contributed by atoms with E-state index in [1.54, 1.807) is 7.11 Å². The molecule has 3 heterocycles. The highest BCUT2D eigenvalue weighted by atomic mass is 16.6. The second-order valence-electron chi connectivity index (χ2n) is 9.03. The van der Waals surface area contributed by atoms with E-state index in [1.165, 1.54) is 17.6 Å². The van der Waals surface area contributed by atoms with Crippen molar-refractivity contribution in [2.24, 2.45) is 5.16 Å². The molecule has 1 atom stereocenters. The van der Waals surface area contributed by atoms with E-state index in [4.69, 9.17) is 9.57 Å². The summed E-state index contributed by atoms with van der Waals surface area (Å²) in [5, 5.41) is 4.62. The standard InChI is InChI=1S/C26H28N4O2.C3H8.C2H6/c1-19-17-30(18-27-19)23-11-10-20(16-25(23)31-2)15-22-9-6-13-29-14-12-24(32-28-26(22)29)21-7-4-3-5-8-21;1-3-2;1-2/h3-5,7-8,10-11,15-18,24H,6,9,12-14H2,1-2H3;3H2,1-2H3;1-2H3/b22-15+;;/t24-;;/m1../s1. The van der Waals surface area contributed by atoms with Gasteiger partial charge in [-0.3, -0.25) is 0 Å². The third kappa shape index (κ3) is 7.25. The molecule has 1 aromatic heterocycles. The fraction of sp³-hybridized carbons (Fsp3) is 0.419. The molecule has 2 aliphatic heterocycles. The molecule has 3 aromatic rings. The molecular formula is C31H42N4O2. The molecule has 5 rings (SSSR count). The lowest BCUT2D eigenvalue weighted by atomic mass is 9.99. The minimum Gasteiger partial charge on any atom is -0.495 e. The Morgan fingerprint density at radius 2 is 1.84 bits per heavy atom. The van der Waals surface area contributed by atoms with Gasteiger partial charge < -0.3 is 19.0 Å². The summed E-state index contributed by atoms with van der Waals surface area (Å²) >= 11 is 0. The molecule has 37 heavy (non-hydrogen) atoms. The topological polar surface area (TPSA) is 51.9 Å². The van der Waals surface area contributed by atoms with Crippen LogP contribution in [0.4, 0.5) is 0 Å². The van der Waals surface area contributed by atoms with Crippen molar-refractivity contribution in [3.63, 3.8) is 0 Å². The molecule has 1 saturated heterocycles. The number of aryl methyl sites for hydroxylation is 1. The molecule has 0 bridgehead atoms. The number of hydrogen-bond donors (Lipinski definition) is 0. The zero-order chi connectivity index (χ0) is 26.6. The van der Waals surface area contributed by atoms with E-state index in [0.29, 0.717) is 0 Å². The van der Waals surface area contributed by atoms with Gasteiger partial charge in [0.2, 0.25) is 0 Å². The monoisotopic (exact) mass is 502 g/mol. The van der Waals surface area contributed by atoms with Gasteiger partial charge in [0.05, 0.1) is 24.8 Å². The number of imidazole rings is 1. The summed E-state index contributed by atoms with van der Waals surface area (Å²) in [6.07, 6.45) is 10.3. The Labute approximate surface area is 222 Å². The summed E-state index contributed by atoms with van der Waals surface area (Å²) in [5.41, 5.74) is 5.42. The Kier molecular flexibility index (Phi) is 10.8. The number of rotatable bonds is 4. The summed E-state index contributed by atoms with van der Waals surface area (Å²) in [4.78, 5) is 12.7. The number of nitrogens with zero attached hydrogens (tertiary/aromatic N) is 4. The van der Waals surface area contributed by atoms with Crippen molar-refractivity contribution in [3.05, 3.63) is 83.4 Å². The van der Waals surface area contributed by atoms with Crippen LogP contribution in [0, 0.1) is 6.92 Å². The Balaban J connectivity index is 0.000000711. The van der Waals surface area contributed by atoms with Crippen LogP contribution in [0.1, 0.15) is 76.3 Å². The number of fused-ring (bicyclic) bond motifs is 1. The first kappa shape index (κ1) is 28.0. The molecule has 6 heteroatoms. The van der Waals surface area contributed by atoms with Crippen LogP contribution in [0.3, 0.4) is 0 Å². The van der Waals surface area contributed by atoms with Crippen LogP contribution >= 0.6 is 0 Å². The number of ether oxygens (including phenoxy) is 1. The number of amidine groups is 1. The quantitative estimate of drug-likeness (QED) is 0.369. The maximum atomic E-state index is 6.02. The maximum Gasteiger partial charge on any atom is 0.171 e. The highest BCUT2D eigenvalue weighted by Crippen LogP contribution is 2.31. The molecule has 0 N–H and O–H groups in total. The molecule has 0 aliphatic carbocycles. The van der Waals surface area contributed by atoms with E-state index < -0.39 is 0 Å². The molecule has 1 fully saturated rings. The molecule has 2 aromatic carbocycles. The Morgan fingerprint density at radius 1 is 1.08 bits per heavy atom. The zero-order valence-electron chi connectivity index (χ0n) is 23.3. The van der Waals surface area contributed by atoms with Gasteiger partial charge in [-0.25, -0.2) is 4.98 Å². The van der Waals surface area contributed by atoms with E-state index >= 15 is 0 Å². The fourth-order valence-electron chi connectivity index (χ4n) is 4.44. The van der Waals surface area contributed by atoms with Crippen LogP contribution < -0.4 is 4.74 Å². The highest BCUT2D eigenvalue weighted by molar-refractivity contribution is 6.02. The summed E-state index contributed by atoms with van der Waals surface area (Å²) in [7, 11) is 1.70. The van der Waals surface area contributed by atoms with Crippen LogP contribution in [0.2, 0.25) is 0 Å². The van der Waals surface area contributed by atoms with Crippen LogP contribution in [-0.4, -0.2) is 40.5 Å². The molecule has 0 radical (unpaired) electrons. The van der Waals surface area contributed by atoms with Gasteiger partial charge >= 0.3 is 0 Å². The second-order valence-corrected chi connectivity index (χ2v) is 9.03. The van der Waals surface area contributed by atoms with Gasteiger partial charge in [-0.1, -0.05) is 75.7 Å². The van der Waals surface area contributed by atoms with Crippen molar-refractivity contribution >= 4 is 11.9 Å². The third-order valence-corrected chi connectivity index (χ3v) is 6.09. The Hall–Kier alpha value is -3.54. The Morgan fingerprint density at radius 3 is 2.51 bits per heavy atom. The van der Waals surface area contributed by atoms with Crippen molar-refractivity contribution in [2.75, 3.05) is 20.2 Å². The third-order valence-electron chi connectivity index (χ3n) is 6.09. The molecule has 198 valence electrons. The van der Waals surface area contributed by atoms with Crippen molar-refractivity contribution in [2.45, 2.75) is 66.4 Å². The lowest BCUT2D eigenvalue weighted by Gasteiger charge is -2.29. The molecule has 0 spiro atoms. The molecule has 0 unspecified atom stereocenters. The van der Waals surface area contributed by atoms with Crippen molar-refractivity contribution < 1.29 is 9.57 Å². The first-order chi connectivity index (χ1) is 18.1. The summed E-state index contributed by atoms with van der Waals surface area (Å²) in [5.74, 6) is 1.77. The number of hydrogen-bond acceptors (Lipinski definition) is 5. The molecule has 2 aliphatic rings. The van der Waals surface area contributed by atoms with Gasteiger partial charge in [0.15, 0.2) is 11.9 Å². The van der Waals surface area contributed by atoms with Crippen molar-refractivity contribution in [3.8, 4) is 11.4 Å². The fourth-order valence-corrected chi connectivity index (χ4v) is 4.44. The second kappa shape index (κ2) is 14.3. The zero-order valence-corrected chi connectivity index (χ0v) is 23.3. The van der Waals surface area contributed by atoms with Gasteiger partial charge in [-0.2, -0.15) is 0 Å². The van der Waals surface area contributed by atoms with Gasteiger partial charge in [-0.15, -0.1) is 0 Å².